The number of H-pyrrole nitrogens is 1. The molecule has 4 N–H and O–H groups in total. The highest BCUT2D eigenvalue weighted by molar-refractivity contribution is 5.28. The van der Waals surface area contributed by atoms with E-state index in [1.165, 1.54) is 12.1 Å². The van der Waals surface area contributed by atoms with Crippen LogP contribution in [0.3, 0.4) is 0 Å². The molecule has 2 aromatic rings. The van der Waals surface area contributed by atoms with Crippen molar-refractivity contribution in [3.8, 4) is 5.75 Å². The lowest BCUT2D eigenvalue weighted by Gasteiger charge is -2.14. The molecule has 0 amide bonds. The van der Waals surface area contributed by atoms with Crippen LogP contribution in [0.15, 0.2) is 36.7 Å². The highest BCUT2D eigenvalue weighted by Gasteiger charge is 2.30. The van der Waals surface area contributed by atoms with Crippen LogP contribution in [0.5, 0.6) is 5.75 Å². The van der Waals surface area contributed by atoms with E-state index in [2.05, 4.69) is 20.1 Å². The predicted octanol–water partition coefficient (Wildman–Crippen LogP) is 2.06. The third-order valence-corrected chi connectivity index (χ3v) is 2.65. The number of rotatable bonds is 5. The molecule has 0 saturated carbocycles. The Morgan fingerprint density at radius 3 is 2.50 bits per heavy atom. The molecule has 0 radical (unpaired) electrons. The van der Waals surface area contributed by atoms with E-state index in [-0.39, 0.29) is 11.8 Å². The fraction of sp³-hybridized carbons (Fsp3) is 0.250. The number of aromatic amines is 1. The summed E-state index contributed by atoms with van der Waals surface area (Å²) in [6, 6.07) is 5.37. The number of nitrogens with zero attached hydrogens (tertiary/aromatic N) is 1. The summed E-state index contributed by atoms with van der Waals surface area (Å²) in [7, 11) is 0. The Hall–Kier alpha value is -2.06. The topological polar surface area (TPSA) is 76.0 Å². The zero-order chi connectivity index (χ0) is 14.6. The molecular formula is C12H13F3N4O. The van der Waals surface area contributed by atoms with Gasteiger partial charge in [-0.25, -0.2) is 10.4 Å². The number of benzene rings is 1. The second-order valence-corrected chi connectivity index (χ2v) is 4.09. The Bertz CT molecular complexity index is 525. The molecule has 5 nitrogen and oxygen atoms in total. The zero-order valence-corrected chi connectivity index (χ0v) is 10.3. The first-order chi connectivity index (χ1) is 9.48. The van der Waals surface area contributed by atoms with Crippen molar-refractivity contribution in [2.45, 2.75) is 18.8 Å². The van der Waals surface area contributed by atoms with E-state index in [1.807, 2.05) is 0 Å². The molecule has 20 heavy (non-hydrogen) atoms. The Morgan fingerprint density at radius 2 is 2.00 bits per heavy atom. The minimum atomic E-state index is -4.68. The molecule has 1 aromatic heterocycles. The lowest BCUT2D eigenvalue weighted by molar-refractivity contribution is -0.274. The van der Waals surface area contributed by atoms with Gasteiger partial charge in [0.15, 0.2) is 0 Å². The summed E-state index contributed by atoms with van der Waals surface area (Å²) in [5.41, 5.74) is 3.41. The number of nitrogens with one attached hydrogen (secondary N) is 2. The van der Waals surface area contributed by atoms with Crippen LogP contribution in [0.25, 0.3) is 0 Å². The largest absolute Gasteiger partial charge is 0.573 e. The van der Waals surface area contributed by atoms with Crippen molar-refractivity contribution in [3.63, 3.8) is 0 Å². The van der Waals surface area contributed by atoms with Crippen molar-refractivity contribution in [2.75, 3.05) is 0 Å². The minimum absolute atomic E-state index is 0.251. The van der Waals surface area contributed by atoms with Crippen LogP contribution in [-0.4, -0.2) is 16.3 Å². The minimum Gasteiger partial charge on any atom is -0.406 e. The van der Waals surface area contributed by atoms with E-state index in [9.17, 15) is 13.2 Å². The highest BCUT2D eigenvalue weighted by Crippen LogP contribution is 2.23. The SMILES string of the molecule is NNC(Cc1ccc(OC(F)(F)F)cc1)c1ncc[nH]1. The molecule has 0 aliphatic heterocycles. The molecule has 0 bridgehead atoms. The number of hydrazine groups is 1. The number of ether oxygens (including phenoxy) is 1. The summed E-state index contributed by atoms with van der Waals surface area (Å²) in [6.45, 7) is 0. The number of hydrogen-bond acceptors (Lipinski definition) is 4. The molecule has 0 aliphatic carbocycles. The summed E-state index contributed by atoms with van der Waals surface area (Å²) in [5, 5.41) is 0. The van der Waals surface area contributed by atoms with Gasteiger partial charge in [0.25, 0.3) is 0 Å². The van der Waals surface area contributed by atoms with Crippen molar-refractivity contribution in [2.24, 2.45) is 5.84 Å². The molecule has 8 heteroatoms. The second kappa shape index (κ2) is 5.93. The monoisotopic (exact) mass is 286 g/mol. The maximum atomic E-state index is 12.0. The molecular weight excluding hydrogens is 273 g/mol. The van der Waals surface area contributed by atoms with Crippen LogP contribution in [0.1, 0.15) is 17.4 Å². The third kappa shape index (κ3) is 3.97. The third-order valence-electron chi connectivity index (χ3n) is 2.65. The first-order valence-corrected chi connectivity index (χ1v) is 5.78. The summed E-state index contributed by atoms with van der Waals surface area (Å²) in [6.07, 6.45) is -0.937. The molecule has 1 heterocycles. The lowest BCUT2D eigenvalue weighted by Crippen LogP contribution is -2.30. The molecule has 1 atom stereocenters. The number of alkyl halides is 3. The standard InChI is InChI=1S/C12H13F3N4O/c13-12(14,15)20-9-3-1-8(2-4-9)7-10(19-16)11-17-5-6-18-11/h1-6,10,19H,7,16H2,(H,17,18). The van der Waals surface area contributed by atoms with Gasteiger partial charge in [0.2, 0.25) is 0 Å². The van der Waals surface area contributed by atoms with Gasteiger partial charge in [-0.1, -0.05) is 12.1 Å². The first kappa shape index (κ1) is 14.4. The van der Waals surface area contributed by atoms with Gasteiger partial charge in [0.05, 0.1) is 6.04 Å². The molecule has 2 rings (SSSR count). The second-order valence-electron chi connectivity index (χ2n) is 4.09. The molecule has 0 fully saturated rings. The summed E-state index contributed by atoms with van der Waals surface area (Å²) < 4.78 is 39.9. The Balaban J connectivity index is 2.03. The van der Waals surface area contributed by atoms with Gasteiger partial charge in [-0.3, -0.25) is 5.84 Å². The van der Waals surface area contributed by atoms with Gasteiger partial charge in [0.1, 0.15) is 11.6 Å². The predicted molar refractivity (Wildman–Crippen MR) is 65.5 cm³/mol. The Kier molecular flexibility index (Phi) is 4.26. The maximum Gasteiger partial charge on any atom is 0.573 e. The van der Waals surface area contributed by atoms with Crippen molar-refractivity contribution in [1.29, 1.82) is 0 Å². The van der Waals surface area contributed by atoms with Gasteiger partial charge in [-0.05, 0) is 24.1 Å². The van der Waals surface area contributed by atoms with Crippen molar-refractivity contribution in [1.82, 2.24) is 15.4 Å². The molecule has 1 aromatic carbocycles. The van der Waals surface area contributed by atoms with E-state index in [4.69, 9.17) is 5.84 Å². The van der Waals surface area contributed by atoms with Crippen molar-refractivity contribution >= 4 is 0 Å². The van der Waals surface area contributed by atoms with E-state index >= 15 is 0 Å². The normalized spacial score (nSPS) is 13.2. The Morgan fingerprint density at radius 1 is 1.30 bits per heavy atom. The summed E-state index contributed by atoms with van der Waals surface area (Å²) >= 11 is 0. The number of halogens is 3. The fourth-order valence-electron chi connectivity index (χ4n) is 1.77. The van der Waals surface area contributed by atoms with Crippen LogP contribution in [0.4, 0.5) is 13.2 Å². The van der Waals surface area contributed by atoms with Gasteiger partial charge in [-0.15, -0.1) is 13.2 Å². The smallest absolute Gasteiger partial charge is 0.406 e. The van der Waals surface area contributed by atoms with Gasteiger partial charge >= 0.3 is 6.36 Å². The van der Waals surface area contributed by atoms with Gasteiger partial charge in [-0.2, -0.15) is 0 Å². The lowest BCUT2D eigenvalue weighted by atomic mass is 10.1. The number of hydrogen-bond donors (Lipinski definition) is 3. The van der Waals surface area contributed by atoms with Gasteiger partial charge < -0.3 is 9.72 Å². The average Bonchev–Trinajstić information content (AvgIpc) is 2.90. The van der Waals surface area contributed by atoms with Crippen LogP contribution >= 0.6 is 0 Å². The average molecular weight is 286 g/mol. The summed E-state index contributed by atoms with van der Waals surface area (Å²) in [4.78, 5) is 7.00. The maximum absolute atomic E-state index is 12.0. The number of nitrogens with two attached hydrogens (primary N) is 1. The van der Waals surface area contributed by atoms with Crippen LogP contribution in [0.2, 0.25) is 0 Å². The van der Waals surface area contributed by atoms with Crippen LogP contribution < -0.4 is 16.0 Å². The number of imidazole rings is 1. The van der Waals surface area contributed by atoms with Crippen LogP contribution in [-0.2, 0) is 6.42 Å². The molecule has 1 unspecified atom stereocenters. The molecule has 108 valence electrons. The zero-order valence-electron chi connectivity index (χ0n) is 10.3. The van der Waals surface area contributed by atoms with E-state index < -0.39 is 6.36 Å². The molecule has 0 saturated heterocycles. The quantitative estimate of drug-likeness (QED) is 0.581. The fourth-order valence-corrected chi connectivity index (χ4v) is 1.77. The molecule has 0 aliphatic rings. The van der Waals surface area contributed by atoms with Crippen LogP contribution in [0, 0.1) is 0 Å². The first-order valence-electron chi connectivity index (χ1n) is 5.78. The van der Waals surface area contributed by atoms with E-state index in [0.717, 1.165) is 5.56 Å². The van der Waals surface area contributed by atoms with E-state index in [1.54, 1.807) is 24.5 Å². The van der Waals surface area contributed by atoms with Crippen molar-refractivity contribution < 1.29 is 17.9 Å². The Labute approximate surface area is 112 Å². The summed E-state index contributed by atoms with van der Waals surface area (Å²) in [5.74, 6) is 5.84. The highest BCUT2D eigenvalue weighted by atomic mass is 19.4. The van der Waals surface area contributed by atoms with Gasteiger partial charge in [0, 0.05) is 12.4 Å². The van der Waals surface area contributed by atoms with Crippen molar-refractivity contribution in [3.05, 3.63) is 48.0 Å². The van der Waals surface area contributed by atoms with E-state index in [0.29, 0.717) is 12.2 Å². The molecule has 0 spiro atoms. The number of aromatic nitrogens is 2.